The lowest BCUT2D eigenvalue weighted by Gasteiger charge is -2.44. The van der Waals surface area contributed by atoms with E-state index in [-0.39, 0.29) is 33.8 Å². The van der Waals surface area contributed by atoms with Gasteiger partial charge in [-0.05, 0) is 36.5 Å². The molecule has 1 N–H and O–H groups in total. The molecule has 1 fully saturated rings. The predicted octanol–water partition coefficient (Wildman–Crippen LogP) is 5.46. The number of piperidine rings is 1. The summed E-state index contributed by atoms with van der Waals surface area (Å²) in [6, 6.07) is 2.80. The highest BCUT2D eigenvalue weighted by Gasteiger charge is 2.41. The molecular formula is C18H21BrF3NO3. The summed E-state index contributed by atoms with van der Waals surface area (Å²) in [5.74, 6) is -0.888. The van der Waals surface area contributed by atoms with Gasteiger partial charge in [0.2, 0.25) is 0 Å². The standard InChI is InChI=1S/C18H21BrF3NO3/c1-17(2,3)14-8-10(4-5-23(14)16(25)26)15(24)11-6-12(18(20,21)22)9-13(19)7-11/h6-7,9-10,14H,4-5,8H2,1-3H3,(H,25,26). The maximum Gasteiger partial charge on any atom is 0.416 e. The molecule has 0 bridgehead atoms. The summed E-state index contributed by atoms with van der Waals surface area (Å²) in [6.07, 6.45) is -4.99. The summed E-state index contributed by atoms with van der Waals surface area (Å²) in [7, 11) is 0. The van der Waals surface area contributed by atoms with E-state index in [9.17, 15) is 27.9 Å². The van der Waals surface area contributed by atoms with Crippen LogP contribution >= 0.6 is 15.9 Å². The zero-order valence-electron chi connectivity index (χ0n) is 14.7. The summed E-state index contributed by atoms with van der Waals surface area (Å²) >= 11 is 3.03. The lowest BCUT2D eigenvalue weighted by Crippen LogP contribution is -2.52. The fourth-order valence-corrected chi connectivity index (χ4v) is 3.88. The minimum atomic E-state index is -4.54. The van der Waals surface area contributed by atoms with Crippen molar-refractivity contribution in [2.75, 3.05) is 6.54 Å². The van der Waals surface area contributed by atoms with Crippen molar-refractivity contribution in [3.8, 4) is 0 Å². The van der Waals surface area contributed by atoms with Gasteiger partial charge in [0.05, 0.1) is 5.56 Å². The summed E-state index contributed by atoms with van der Waals surface area (Å²) < 4.78 is 39.2. The average Bonchev–Trinajstić information content (AvgIpc) is 2.51. The molecule has 2 atom stereocenters. The van der Waals surface area contributed by atoms with Crippen LogP contribution in [0.15, 0.2) is 22.7 Å². The largest absolute Gasteiger partial charge is 0.465 e. The number of hydrogen-bond acceptors (Lipinski definition) is 2. The first-order chi connectivity index (χ1) is 11.8. The highest BCUT2D eigenvalue weighted by atomic mass is 79.9. The van der Waals surface area contributed by atoms with Crippen LogP contribution < -0.4 is 0 Å². The Morgan fingerprint density at radius 1 is 1.19 bits per heavy atom. The zero-order valence-corrected chi connectivity index (χ0v) is 16.3. The van der Waals surface area contributed by atoms with Crippen molar-refractivity contribution in [2.24, 2.45) is 11.3 Å². The molecule has 144 valence electrons. The summed E-state index contributed by atoms with van der Waals surface area (Å²) in [4.78, 5) is 25.6. The molecule has 8 heteroatoms. The number of halogens is 4. The Bertz CT molecular complexity index is 713. The molecule has 0 radical (unpaired) electrons. The first-order valence-electron chi connectivity index (χ1n) is 8.22. The maximum atomic E-state index is 13.0. The number of rotatable bonds is 2. The number of hydrogen-bond donors (Lipinski definition) is 1. The van der Waals surface area contributed by atoms with Gasteiger partial charge < -0.3 is 10.0 Å². The van der Waals surface area contributed by atoms with Gasteiger partial charge in [0, 0.05) is 28.5 Å². The molecule has 1 aliphatic rings. The van der Waals surface area contributed by atoms with Gasteiger partial charge in [0.25, 0.3) is 0 Å². The molecule has 2 rings (SSSR count). The molecule has 1 aromatic carbocycles. The van der Waals surface area contributed by atoms with Crippen molar-refractivity contribution in [2.45, 2.75) is 45.8 Å². The van der Waals surface area contributed by atoms with Crippen molar-refractivity contribution in [3.63, 3.8) is 0 Å². The molecule has 1 amide bonds. The van der Waals surface area contributed by atoms with Crippen LogP contribution in [0.5, 0.6) is 0 Å². The minimum absolute atomic E-state index is 0.00636. The highest BCUT2D eigenvalue weighted by molar-refractivity contribution is 9.10. The van der Waals surface area contributed by atoms with Crippen LogP contribution in [0.1, 0.15) is 49.5 Å². The van der Waals surface area contributed by atoms with Crippen LogP contribution in [0.2, 0.25) is 0 Å². The number of carboxylic acid groups (broad SMARTS) is 1. The van der Waals surface area contributed by atoms with E-state index in [0.29, 0.717) is 12.8 Å². The number of carbonyl (C=O) groups excluding carboxylic acids is 1. The fourth-order valence-electron chi connectivity index (χ4n) is 3.38. The molecule has 1 saturated heterocycles. The molecule has 1 aromatic rings. The second kappa shape index (κ2) is 7.21. The van der Waals surface area contributed by atoms with Crippen LogP contribution in [-0.2, 0) is 6.18 Å². The topological polar surface area (TPSA) is 57.6 Å². The van der Waals surface area contributed by atoms with Crippen molar-refractivity contribution >= 4 is 27.8 Å². The normalized spacial score (nSPS) is 21.6. The number of amides is 1. The summed E-state index contributed by atoms with van der Waals surface area (Å²) in [5.41, 5.74) is -1.27. The molecular weight excluding hydrogens is 415 g/mol. The minimum Gasteiger partial charge on any atom is -0.465 e. The highest BCUT2D eigenvalue weighted by Crippen LogP contribution is 2.37. The Hall–Kier alpha value is -1.57. The van der Waals surface area contributed by atoms with Gasteiger partial charge in [0.15, 0.2) is 5.78 Å². The molecule has 1 heterocycles. The number of alkyl halides is 3. The van der Waals surface area contributed by atoms with Crippen LogP contribution in [-0.4, -0.2) is 34.5 Å². The average molecular weight is 436 g/mol. The third-order valence-electron chi connectivity index (χ3n) is 4.73. The Kier molecular flexibility index (Phi) is 5.75. The Labute approximate surface area is 158 Å². The van der Waals surface area contributed by atoms with E-state index in [1.165, 1.54) is 11.0 Å². The summed E-state index contributed by atoms with van der Waals surface area (Å²) in [6.45, 7) is 5.86. The van der Waals surface area contributed by atoms with Gasteiger partial charge in [-0.2, -0.15) is 13.2 Å². The van der Waals surface area contributed by atoms with Crippen LogP contribution in [0.4, 0.5) is 18.0 Å². The van der Waals surface area contributed by atoms with E-state index >= 15 is 0 Å². The van der Waals surface area contributed by atoms with Gasteiger partial charge in [-0.1, -0.05) is 36.7 Å². The maximum absolute atomic E-state index is 13.0. The van der Waals surface area contributed by atoms with E-state index in [1.807, 2.05) is 20.8 Å². The Balaban J connectivity index is 2.31. The molecule has 0 aromatic heterocycles. The number of nitrogens with zero attached hydrogens (tertiary/aromatic N) is 1. The fraction of sp³-hybridized carbons (Fsp3) is 0.556. The van der Waals surface area contributed by atoms with E-state index in [4.69, 9.17) is 0 Å². The molecule has 1 aliphatic heterocycles. The first-order valence-corrected chi connectivity index (χ1v) is 9.01. The quantitative estimate of drug-likeness (QED) is 0.627. The Morgan fingerprint density at radius 2 is 1.81 bits per heavy atom. The Morgan fingerprint density at radius 3 is 2.31 bits per heavy atom. The smallest absolute Gasteiger partial charge is 0.416 e. The molecule has 0 aliphatic carbocycles. The van der Waals surface area contributed by atoms with Gasteiger partial charge in [0.1, 0.15) is 0 Å². The van der Waals surface area contributed by atoms with Crippen molar-refractivity contribution < 1.29 is 27.9 Å². The number of carbonyl (C=O) groups is 2. The van der Waals surface area contributed by atoms with E-state index < -0.39 is 23.8 Å². The van der Waals surface area contributed by atoms with Gasteiger partial charge in [-0.25, -0.2) is 4.79 Å². The predicted molar refractivity (Wildman–Crippen MR) is 94.2 cm³/mol. The van der Waals surface area contributed by atoms with Crippen molar-refractivity contribution in [1.29, 1.82) is 0 Å². The van der Waals surface area contributed by atoms with E-state index in [0.717, 1.165) is 12.1 Å². The first kappa shape index (κ1) is 20.7. The van der Waals surface area contributed by atoms with E-state index in [2.05, 4.69) is 15.9 Å². The molecule has 0 saturated carbocycles. The third-order valence-corrected chi connectivity index (χ3v) is 5.19. The molecule has 4 nitrogen and oxygen atoms in total. The molecule has 2 unspecified atom stereocenters. The van der Waals surface area contributed by atoms with E-state index in [1.54, 1.807) is 0 Å². The zero-order chi connectivity index (χ0) is 19.9. The number of ketones is 1. The summed E-state index contributed by atoms with van der Waals surface area (Å²) in [5, 5.41) is 9.39. The SMILES string of the molecule is CC(C)(C)C1CC(C(=O)c2cc(Br)cc(C(F)(F)F)c2)CCN1C(=O)O. The van der Waals surface area contributed by atoms with Gasteiger partial charge in [-0.15, -0.1) is 0 Å². The number of benzene rings is 1. The molecule has 0 spiro atoms. The lowest BCUT2D eigenvalue weighted by molar-refractivity contribution is -0.137. The second-order valence-electron chi connectivity index (χ2n) is 7.67. The lowest BCUT2D eigenvalue weighted by atomic mass is 9.75. The second-order valence-corrected chi connectivity index (χ2v) is 8.59. The number of likely N-dealkylation sites (tertiary alicyclic amines) is 1. The van der Waals surface area contributed by atoms with Crippen molar-refractivity contribution in [3.05, 3.63) is 33.8 Å². The van der Waals surface area contributed by atoms with Gasteiger partial charge in [-0.3, -0.25) is 4.79 Å². The van der Waals surface area contributed by atoms with Crippen LogP contribution in [0.25, 0.3) is 0 Å². The monoisotopic (exact) mass is 435 g/mol. The van der Waals surface area contributed by atoms with Gasteiger partial charge >= 0.3 is 12.3 Å². The van der Waals surface area contributed by atoms with Crippen LogP contribution in [0, 0.1) is 11.3 Å². The molecule has 26 heavy (non-hydrogen) atoms. The van der Waals surface area contributed by atoms with Crippen LogP contribution in [0.3, 0.4) is 0 Å². The third kappa shape index (κ3) is 4.58. The van der Waals surface area contributed by atoms with Crippen molar-refractivity contribution in [1.82, 2.24) is 4.90 Å². The number of Topliss-reactive ketones (excluding diaryl/α,β-unsaturated/α-hetero) is 1.